The van der Waals surface area contributed by atoms with Gasteiger partial charge in [0.05, 0.1) is 9.75 Å². The molecule has 0 aliphatic rings. The number of thiophene rings is 2. The molecule has 0 amide bonds. The van der Waals surface area contributed by atoms with Crippen molar-refractivity contribution in [3.8, 4) is 35.5 Å². The van der Waals surface area contributed by atoms with Gasteiger partial charge in [-0.25, -0.2) is 0 Å². The summed E-state index contributed by atoms with van der Waals surface area (Å²) in [4.78, 5) is 2.06. The minimum Gasteiger partial charge on any atom is -0.135 e. The predicted octanol–water partition coefficient (Wildman–Crippen LogP) is 3.22. The predicted molar refractivity (Wildman–Crippen MR) is 70.2 cm³/mol. The molecular formula is C14H6S2. The molecule has 2 aromatic heterocycles. The summed E-state index contributed by atoms with van der Waals surface area (Å²) in [5.74, 6) is 16.9. The zero-order chi connectivity index (χ0) is 11.1. The van der Waals surface area contributed by atoms with E-state index in [-0.39, 0.29) is 0 Å². The smallest absolute Gasteiger partial charge is 0.0778 e. The molecule has 16 heavy (non-hydrogen) atoms. The average molecular weight is 238 g/mol. The van der Waals surface area contributed by atoms with Crippen molar-refractivity contribution in [2.75, 3.05) is 0 Å². The van der Waals surface area contributed by atoms with E-state index in [1.807, 2.05) is 35.0 Å². The third-order valence-corrected chi connectivity index (χ3v) is 3.17. The zero-order valence-corrected chi connectivity index (χ0v) is 9.91. The summed E-state index contributed by atoms with van der Waals surface area (Å²) >= 11 is 3.22. The first kappa shape index (κ1) is 10.6. The molecule has 0 aromatic carbocycles. The second-order valence-electron chi connectivity index (χ2n) is 2.70. The Hall–Kier alpha value is -1.92. The van der Waals surface area contributed by atoms with Crippen molar-refractivity contribution in [2.24, 2.45) is 0 Å². The van der Waals surface area contributed by atoms with Crippen LogP contribution in [0.4, 0.5) is 0 Å². The fourth-order valence-electron chi connectivity index (χ4n) is 0.948. The second-order valence-corrected chi connectivity index (χ2v) is 4.60. The van der Waals surface area contributed by atoms with Crippen molar-refractivity contribution >= 4 is 22.7 Å². The van der Waals surface area contributed by atoms with Gasteiger partial charge in [0.1, 0.15) is 0 Å². The third kappa shape index (κ3) is 3.34. The second kappa shape index (κ2) is 5.84. The molecule has 2 aromatic rings. The monoisotopic (exact) mass is 238 g/mol. The lowest BCUT2D eigenvalue weighted by Crippen LogP contribution is -1.60. The Bertz CT molecular complexity index is 556. The van der Waals surface area contributed by atoms with Gasteiger partial charge in [-0.05, 0) is 58.4 Å². The lowest BCUT2D eigenvalue weighted by molar-refractivity contribution is 1.94. The van der Waals surface area contributed by atoms with Crippen molar-refractivity contribution in [3.05, 3.63) is 44.8 Å². The zero-order valence-electron chi connectivity index (χ0n) is 8.28. The maximum atomic E-state index is 2.95. The molecule has 0 bridgehead atoms. The summed E-state index contributed by atoms with van der Waals surface area (Å²) in [6.45, 7) is 0. The highest BCUT2D eigenvalue weighted by Gasteiger charge is 1.82. The van der Waals surface area contributed by atoms with Gasteiger partial charge in [-0.1, -0.05) is 12.1 Å². The molecule has 2 heteroatoms. The van der Waals surface area contributed by atoms with Crippen molar-refractivity contribution < 1.29 is 0 Å². The molecule has 0 unspecified atom stereocenters. The average Bonchev–Trinajstić information content (AvgIpc) is 2.96. The van der Waals surface area contributed by atoms with Crippen molar-refractivity contribution in [3.63, 3.8) is 0 Å². The highest BCUT2D eigenvalue weighted by molar-refractivity contribution is 7.10. The first-order valence-corrected chi connectivity index (χ1v) is 6.30. The molecule has 0 atom stereocenters. The van der Waals surface area contributed by atoms with E-state index in [9.17, 15) is 0 Å². The molecule has 2 rings (SSSR count). The van der Waals surface area contributed by atoms with Gasteiger partial charge in [0.15, 0.2) is 0 Å². The lowest BCUT2D eigenvalue weighted by atomic mass is 10.4. The first-order chi connectivity index (χ1) is 7.95. The summed E-state index contributed by atoms with van der Waals surface area (Å²) < 4.78 is 0. The molecule has 0 fully saturated rings. The van der Waals surface area contributed by atoms with Crippen LogP contribution in [0.2, 0.25) is 0 Å². The fraction of sp³-hybridized carbons (Fsp3) is 0. The van der Waals surface area contributed by atoms with E-state index < -0.39 is 0 Å². The Morgan fingerprint density at radius 2 is 1.19 bits per heavy atom. The van der Waals surface area contributed by atoms with Crippen LogP contribution in [-0.2, 0) is 0 Å². The topological polar surface area (TPSA) is 0 Å². The van der Waals surface area contributed by atoms with Gasteiger partial charge in [0.25, 0.3) is 0 Å². The summed E-state index contributed by atoms with van der Waals surface area (Å²) in [5, 5.41) is 3.99. The van der Waals surface area contributed by atoms with Crippen molar-refractivity contribution in [1.82, 2.24) is 0 Å². The Balaban J connectivity index is 1.96. The first-order valence-electron chi connectivity index (χ1n) is 4.54. The number of rotatable bonds is 0. The minimum absolute atomic E-state index is 1.03. The Kier molecular flexibility index (Phi) is 3.87. The molecule has 0 N–H and O–H groups in total. The molecule has 0 spiro atoms. The van der Waals surface area contributed by atoms with Crippen LogP contribution in [-0.4, -0.2) is 0 Å². The van der Waals surface area contributed by atoms with E-state index in [1.165, 1.54) is 0 Å². The molecule has 0 aliphatic carbocycles. The molecule has 0 nitrogen and oxygen atoms in total. The Morgan fingerprint density at radius 3 is 1.56 bits per heavy atom. The van der Waals surface area contributed by atoms with Crippen molar-refractivity contribution in [1.29, 1.82) is 0 Å². The van der Waals surface area contributed by atoms with Gasteiger partial charge >= 0.3 is 0 Å². The van der Waals surface area contributed by atoms with Crippen LogP contribution >= 0.6 is 22.7 Å². The summed E-state index contributed by atoms with van der Waals surface area (Å²) in [7, 11) is 0. The molecule has 0 radical (unpaired) electrons. The summed E-state index contributed by atoms with van der Waals surface area (Å²) in [6, 6.07) is 7.88. The SMILES string of the molecule is C(#CC#Cc1cccs1)C#Cc1cccs1. The van der Waals surface area contributed by atoms with E-state index in [1.54, 1.807) is 22.7 Å². The highest BCUT2D eigenvalue weighted by Crippen LogP contribution is 2.05. The van der Waals surface area contributed by atoms with Gasteiger partial charge in [0.2, 0.25) is 0 Å². The summed E-state index contributed by atoms with van der Waals surface area (Å²) in [5.41, 5.74) is 0. The van der Waals surface area contributed by atoms with E-state index in [0.717, 1.165) is 9.75 Å². The van der Waals surface area contributed by atoms with Crippen LogP contribution in [0, 0.1) is 35.5 Å². The van der Waals surface area contributed by atoms with Gasteiger partial charge in [0, 0.05) is 0 Å². The van der Waals surface area contributed by atoms with E-state index in [2.05, 4.69) is 35.5 Å². The lowest BCUT2D eigenvalue weighted by Gasteiger charge is -1.71. The molecular weight excluding hydrogens is 232 g/mol. The van der Waals surface area contributed by atoms with Crippen LogP contribution in [0.1, 0.15) is 9.75 Å². The van der Waals surface area contributed by atoms with Gasteiger partial charge < -0.3 is 0 Å². The molecule has 0 saturated carbocycles. The van der Waals surface area contributed by atoms with Crippen molar-refractivity contribution in [2.45, 2.75) is 0 Å². The third-order valence-electron chi connectivity index (χ3n) is 1.60. The van der Waals surface area contributed by atoms with Crippen LogP contribution in [0.5, 0.6) is 0 Å². The van der Waals surface area contributed by atoms with Gasteiger partial charge in [-0.2, -0.15) is 0 Å². The van der Waals surface area contributed by atoms with E-state index in [4.69, 9.17) is 0 Å². The largest absolute Gasteiger partial charge is 0.135 e. The van der Waals surface area contributed by atoms with E-state index >= 15 is 0 Å². The standard InChI is InChI=1S/C14H6S2/c1(3-7-13-9-5-11-15-13)2-4-8-14-10-6-12-16-14/h5-6,9-12H. The van der Waals surface area contributed by atoms with E-state index in [0.29, 0.717) is 0 Å². The van der Waals surface area contributed by atoms with Crippen LogP contribution in [0.25, 0.3) is 0 Å². The summed E-state index contributed by atoms with van der Waals surface area (Å²) in [6.07, 6.45) is 0. The minimum atomic E-state index is 1.03. The maximum Gasteiger partial charge on any atom is 0.0778 e. The van der Waals surface area contributed by atoms with Gasteiger partial charge in [-0.3, -0.25) is 0 Å². The molecule has 74 valence electrons. The fourth-order valence-corrected chi connectivity index (χ4v) is 2.09. The van der Waals surface area contributed by atoms with Crippen LogP contribution in [0.3, 0.4) is 0 Å². The molecule has 0 aliphatic heterocycles. The molecule has 2 heterocycles. The maximum absolute atomic E-state index is 2.95. The normalized spacial score (nSPS) is 7.75. The van der Waals surface area contributed by atoms with Crippen LogP contribution in [0.15, 0.2) is 35.0 Å². The number of hydrogen-bond donors (Lipinski definition) is 0. The Morgan fingerprint density at radius 1 is 0.688 bits per heavy atom. The quantitative estimate of drug-likeness (QED) is 0.618. The molecule has 0 saturated heterocycles. The van der Waals surface area contributed by atoms with Gasteiger partial charge in [-0.15, -0.1) is 22.7 Å². The van der Waals surface area contributed by atoms with Crippen LogP contribution < -0.4 is 0 Å². The number of hydrogen-bond acceptors (Lipinski definition) is 2. The Labute approximate surface area is 103 Å². The highest BCUT2D eigenvalue weighted by atomic mass is 32.1.